The van der Waals surface area contributed by atoms with Gasteiger partial charge in [0.1, 0.15) is 5.69 Å². The number of rotatable bonds is 13. The predicted molar refractivity (Wildman–Crippen MR) is 121 cm³/mol. The first-order valence-electron chi connectivity index (χ1n) is 11.3. The molecule has 1 aromatic heterocycles. The average molecular weight is 416 g/mol. The Morgan fingerprint density at radius 2 is 1.87 bits per heavy atom. The zero-order valence-electron chi connectivity index (χ0n) is 18.9. The minimum atomic E-state index is -0.511. The topological polar surface area (TPSA) is 62.0 Å². The van der Waals surface area contributed by atoms with Crippen molar-refractivity contribution in [1.82, 2.24) is 10.1 Å². The van der Waals surface area contributed by atoms with Gasteiger partial charge in [-0.2, -0.15) is 0 Å². The van der Waals surface area contributed by atoms with Gasteiger partial charge in [0.25, 0.3) is 0 Å². The van der Waals surface area contributed by atoms with Gasteiger partial charge in [0.15, 0.2) is 0 Å². The molecule has 0 unspecified atom stereocenters. The van der Waals surface area contributed by atoms with E-state index in [1.54, 1.807) is 0 Å². The molecule has 6 nitrogen and oxygen atoms in total. The minimum Gasteiger partial charge on any atom is -0.389 e. The molecule has 2 aromatic rings. The van der Waals surface area contributed by atoms with Crippen LogP contribution in [0.25, 0.3) is 11.3 Å². The third-order valence-corrected chi connectivity index (χ3v) is 5.55. The van der Waals surface area contributed by atoms with E-state index >= 15 is 0 Å². The molecule has 1 heterocycles. The molecule has 0 bridgehead atoms. The molecule has 166 valence electrons. The van der Waals surface area contributed by atoms with Crippen molar-refractivity contribution >= 4 is 5.88 Å². The number of ether oxygens (including phenoxy) is 1. The number of nitrogens with zero attached hydrogens (tertiary/aromatic N) is 3. The zero-order chi connectivity index (χ0) is 21.5. The van der Waals surface area contributed by atoms with Gasteiger partial charge in [0, 0.05) is 38.3 Å². The summed E-state index contributed by atoms with van der Waals surface area (Å²) in [4.78, 5) is 4.56. The molecule has 1 N–H and O–H groups in total. The molecule has 1 aliphatic rings. The van der Waals surface area contributed by atoms with Gasteiger partial charge in [-0.15, -0.1) is 0 Å². The molecule has 0 saturated heterocycles. The first-order chi connectivity index (χ1) is 14.5. The van der Waals surface area contributed by atoms with Gasteiger partial charge in [0.05, 0.1) is 24.4 Å². The van der Waals surface area contributed by atoms with Crippen LogP contribution in [0.3, 0.4) is 0 Å². The molecule has 0 spiro atoms. The number of hydrogen-bond donors (Lipinski definition) is 1. The molecule has 3 rings (SSSR count). The predicted octanol–water partition coefficient (Wildman–Crippen LogP) is 4.19. The van der Waals surface area contributed by atoms with E-state index in [0.29, 0.717) is 19.7 Å². The number of benzene rings is 1. The number of anilines is 1. The quantitative estimate of drug-likeness (QED) is 0.529. The highest BCUT2D eigenvalue weighted by molar-refractivity contribution is 5.68. The third kappa shape index (κ3) is 6.30. The van der Waals surface area contributed by atoms with Crippen molar-refractivity contribution in [2.24, 2.45) is 5.92 Å². The standard InChI is InChI=1S/C24H37N3O3/c1-5-27(6-2)24-22(23(25-30-24)20-10-8-7-9-11-20)16-26(14-19-12-13-19)15-21(28)17-29-18(3)4/h7-11,18-19,21,28H,5-6,12-17H2,1-4H3/t21-/m1/s1. The summed E-state index contributed by atoms with van der Waals surface area (Å²) < 4.78 is 11.5. The van der Waals surface area contributed by atoms with E-state index in [1.807, 2.05) is 32.0 Å². The molecule has 1 aliphatic carbocycles. The molecule has 0 aliphatic heterocycles. The lowest BCUT2D eigenvalue weighted by Gasteiger charge is -2.27. The summed E-state index contributed by atoms with van der Waals surface area (Å²) in [5.74, 6) is 1.56. The van der Waals surface area contributed by atoms with Crippen LogP contribution in [0, 0.1) is 5.92 Å². The van der Waals surface area contributed by atoms with Crippen molar-refractivity contribution in [2.45, 2.75) is 59.3 Å². The maximum Gasteiger partial charge on any atom is 0.232 e. The van der Waals surface area contributed by atoms with E-state index in [2.05, 4.69) is 40.9 Å². The summed E-state index contributed by atoms with van der Waals surface area (Å²) in [7, 11) is 0. The Labute approximate surface area is 180 Å². The van der Waals surface area contributed by atoms with Crippen molar-refractivity contribution in [3.8, 4) is 11.3 Å². The monoisotopic (exact) mass is 415 g/mol. The van der Waals surface area contributed by atoms with Gasteiger partial charge < -0.3 is 19.3 Å². The van der Waals surface area contributed by atoms with E-state index in [4.69, 9.17) is 9.26 Å². The lowest BCUT2D eigenvalue weighted by Crippen LogP contribution is -2.37. The summed E-state index contributed by atoms with van der Waals surface area (Å²) in [5.41, 5.74) is 3.05. The van der Waals surface area contributed by atoms with E-state index in [0.717, 1.165) is 48.3 Å². The van der Waals surface area contributed by atoms with Gasteiger partial charge in [-0.05, 0) is 46.5 Å². The number of aromatic nitrogens is 1. The highest BCUT2D eigenvalue weighted by atomic mass is 16.5. The summed E-state index contributed by atoms with van der Waals surface area (Å²) in [6.07, 6.45) is 2.15. The fourth-order valence-electron chi connectivity index (χ4n) is 3.77. The van der Waals surface area contributed by atoms with E-state index in [-0.39, 0.29) is 6.10 Å². The molecule has 1 fully saturated rings. The van der Waals surface area contributed by atoms with E-state index in [1.165, 1.54) is 12.8 Å². The van der Waals surface area contributed by atoms with Gasteiger partial charge in [-0.3, -0.25) is 4.90 Å². The van der Waals surface area contributed by atoms with Crippen LogP contribution in [0.15, 0.2) is 34.9 Å². The number of aliphatic hydroxyl groups is 1. The molecule has 0 radical (unpaired) electrons. The zero-order valence-corrected chi connectivity index (χ0v) is 18.9. The maximum absolute atomic E-state index is 10.6. The smallest absolute Gasteiger partial charge is 0.232 e. The van der Waals surface area contributed by atoms with E-state index < -0.39 is 6.10 Å². The molecule has 6 heteroatoms. The largest absolute Gasteiger partial charge is 0.389 e. The number of hydrogen-bond acceptors (Lipinski definition) is 6. The molecule has 1 atom stereocenters. The van der Waals surface area contributed by atoms with Gasteiger partial charge >= 0.3 is 0 Å². The normalized spacial score (nSPS) is 15.2. The second-order valence-corrected chi connectivity index (χ2v) is 8.53. The van der Waals surface area contributed by atoms with Crippen LogP contribution in [-0.4, -0.2) is 60.2 Å². The third-order valence-electron chi connectivity index (χ3n) is 5.55. The Kier molecular flexibility index (Phi) is 8.31. The van der Waals surface area contributed by atoms with Crippen molar-refractivity contribution in [3.63, 3.8) is 0 Å². The fourth-order valence-corrected chi connectivity index (χ4v) is 3.77. The van der Waals surface area contributed by atoms with Crippen LogP contribution in [0.2, 0.25) is 0 Å². The van der Waals surface area contributed by atoms with Gasteiger partial charge in [0.2, 0.25) is 5.88 Å². The summed E-state index contributed by atoms with van der Waals surface area (Å²) >= 11 is 0. The van der Waals surface area contributed by atoms with Crippen LogP contribution in [0.5, 0.6) is 0 Å². The Morgan fingerprint density at radius 1 is 1.17 bits per heavy atom. The molecular weight excluding hydrogens is 378 g/mol. The lowest BCUT2D eigenvalue weighted by molar-refractivity contribution is -0.0100. The maximum atomic E-state index is 10.6. The van der Waals surface area contributed by atoms with Crippen molar-refractivity contribution in [3.05, 3.63) is 35.9 Å². The van der Waals surface area contributed by atoms with Crippen LogP contribution in [-0.2, 0) is 11.3 Å². The van der Waals surface area contributed by atoms with Gasteiger partial charge in [-0.1, -0.05) is 35.5 Å². The average Bonchev–Trinajstić information content (AvgIpc) is 3.46. The van der Waals surface area contributed by atoms with Crippen molar-refractivity contribution in [1.29, 1.82) is 0 Å². The van der Waals surface area contributed by atoms with Crippen LogP contribution in [0.1, 0.15) is 46.1 Å². The summed E-state index contributed by atoms with van der Waals surface area (Å²) in [5, 5.41) is 15.0. The second kappa shape index (κ2) is 10.9. The van der Waals surface area contributed by atoms with Crippen LogP contribution >= 0.6 is 0 Å². The Hall–Kier alpha value is -1.89. The molecule has 0 amide bonds. The summed E-state index contributed by atoms with van der Waals surface area (Å²) in [6.45, 7) is 12.6. The Balaban J connectivity index is 1.85. The SMILES string of the molecule is CCN(CC)c1onc(-c2ccccc2)c1CN(CC1CC1)C[C@@H](O)COC(C)C. The van der Waals surface area contributed by atoms with Crippen LogP contribution < -0.4 is 4.90 Å². The summed E-state index contributed by atoms with van der Waals surface area (Å²) in [6, 6.07) is 10.2. The van der Waals surface area contributed by atoms with Gasteiger partial charge in [-0.25, -0.2) is 0 Å². The highest BCUT2D eigenvalue weighted by Gasteiger charge is 2.29. The molecule has 1 aromatic carbocycles. The fraction of sp³-hybridized carbons (Fsp3) is 0.625. The van der Waals surface area contributed by atoms with Crippen molar-refractivity contribution < 1.29 is 14.4 Å². The highest BCUT2D eigenvalue weighted by Crippen LogP contribution is 2.35. The van der Waals surface area contributed by atoms with E-state index in [9.17, 15) is 5.11 Å². The Morgan fingerprint density at radius 3 is 2.47 bits per heavy atom. The first kappa shape index (κ1) is 22.8. The second-order valence-electron chi connectivity index (χ2n) is 8.53. The number of aliphatic hydroxyl groups excluding tert-OH is 1. The molecule has 30 heavy (non-hydrogen) atoms. The first-order valence-corrected chi connectivity index (χ1v) is 11.3. The molecular formula is C24H37N3O3. The lowest BCUT2D eigenvalue weighted by atomic mass is 10.1. The van der Waals surface area contributed by atoms with Crippen molar-refractivity contribution in [2.75, 3.05) is 37.7 Å². The minimum absolute atomic E-state index is 0.119. The molecule has 1 saturated carbocycles. The van der Waals surface area contributed by atoms with Crippen LogP contribution in [0.4, 0.5) is 5.88 Å². The Bertz CT molecular complexity index is 754.